The molecule has 0 aliphatic rings. The number of ether oxygens (including phenoxy) is 1. The first-order valence-corrected chi connectivity index (χ1v) is 11.5. The van der Waals surface area contributed by atoms with Crippen LogP contribution < -0.4 is 10.6 Å². The molecule has 2 amide bonds. The number of hydrogen-bond donors (Lipinski definition) is 3. The number of hydrogen-bond acceptors (Lipinski definition) is 3. The Hall–Kier alpha value is -3.28. The van der Waals surface area contributed by atoms with Crippen LogP contribution in [0, 0.1) is 0 Å². The molecule has 176 valence electrons. The van der Waals surface area contributed by atoms with Crippen molar-refractivity contribution in [3.8, 4) is 0 Å². The number of aromatic nitrogens is 1. The predicted octanol–water partition coefficient (Wildman–Crippen LogP) is 5.13. The Kier molecular flexibility index (Phi) is 7.46. The first-order chi connectivity index (χ1) is 15.6. The van der Waals surface area contributed by atoms with Crippen molar-refractivity contribution in [2.75, 3.05) is 0 Å². The van der Waals surface area contributed by atoms with E-state index in [0.29, 0.717) is 19.3 Å². The molecule has 2 aromatic carbocycles. The van der Waals surface area contributed by atoms with Crippen LogP contribution in [-0.4, -0.2) is 34.2 Å². The minimum atomic E-state index is -0.778. The van der Waals surface area contributed by atoms with Crippen LogP contribution in [0.3, 0.4) is 0 Å². The minimum absolute atomic E-state index is 0.243. The molecule has 3 aromatic rings. The molecule has 0 spiro atoms. The second kappa shape index (κ2) is 10.1. The molecule has 1 atom stereocenters. The van der Waals surface area contributed by atoms with E-state index in [2.05, 4.69) is 15.6 Å². The van der Waals surface area contributed by atoms with Gasteiger partial charge in [-0.3, -0.25) is 4.79 Å². The number of nitrogens with one attached hydrogen (secondary N) is 3. The van der Waals surface area contributed by atoms with E-state index in [1.54, 1.807) is 0 Å². The maximum absolute atomic E-state index is 13.4. The monoisotopic (exact) mass is 449 g/mol. The van der Waals surface area contributed by atoms with Gasteiger partial charge in [-0.25, -0.2) is 4.79 Å². The van der Waals surface area contributed by atoms with Crippen molar-refractivity contribution < 1.29 is 14.3 Å². The van der Waals surface area contributed by atoms with Gasteiger partial charge in [-0.1, -0.05) is 55.5 Å². The Balaban J connectivity index is 1.79. The van der Waals surface area contributed by atoms with Crippen molar-refractivity contribution in [1.29, 1.82) is 0 Å². The maximum Gasteiger partial charge on any atom is 0.408 e. The fourth-order valence-corrected chi connectivity index (χ4v) is 3.80. The normalized spacial score (nSPS) is 12.9. The van der Waals surface area contributed by atoms with Gasteiger partial charge in [-0.15, -0.1) is 0 Å². The summed E-state index contributed by atoms with van der Waals surface area (Å²) >= 11 is 0. The summed E-state index contributed by atoms with van der Waals surface area (Å²) in [4.78, 5) is 29.3. The van der Waals surface area contributed by atoms with Crippen molar-refractivity contribution in [1.82, 2.24) is 15.6 Å². The van der Waals surface area contributed by atoms with Gasteiger partial charge in [0.1, 0.15) is 11.6 Å². The zero-order chi connectivity index (χ0) is 24.1. The summed E-state index contributed by atoms with van der Waals surface area (Å²) in [6.07, 6.45) is 2.99. The van der Waals surface area contributed by atoms with Crippen molar-refractivity contribution in [2.45, 2.75) is 71.1 Å². The smallest absolute Gasteiger partial charge is 0.408 e. The SMILES string of the molecule is CCC(C)(C)OC(=O)N[C@H](Cc1c[nH]c2ccccc12)C(=O)NC(C)(C)Cc1ccccc1. The third kappa shape index (κ3) is 6.85. The molecule has 0 fully saturated rings. The molecule has 0 saturated heterocycles. The van der Waals surface area contributed by atoms with Gasteiger partial charge in [0.25, 0.3) is 0 Å². The summed E-state index contributed by atoms with van der Waals surface area (Å²) in [6.45, 7) is 9.63. The van der Waals surface area contributed by atoms with Gasteiger partial charge in [0, 0.05) is 29.1 Å². The number of benzene rings is 2. The fourth-order valence-electron chi connectivity index (χ4n) is 3.80. The lowest BCUT2D eigenvalue weighted by atomic mass is 9.94. The molecular weight excluding hydrogens is 414 g/mol. The van der Waals surface area contributed by atoms with Crippen LogP contribution in [0.4, 0.5) is 4.79 Å². The summed E-state index contributed by atoms with van der Waals surface area (Å²) in [6, 6.07) is 17.2. The quantitative estimate of drug-likeness (QED) is 0.423. The van der Waals surface area contributed by atoms with E-state index in [0.717, 1.165) is 22.0 Å². The second-order valence-corrected chi connectivity index (χ2v) is 9.80. The van der Waals surface area contributed by atoms with Crippen molar-refractivity contribution in [2.24, 2.45) is 0 Å². The van der Waals surface area contributed by atoms with E-state index < -0.39 is 23.3 Å². The third-order valence-electron chi connectivity index (χ3n) is 5.88. The van der Waals surface area contributed by atoms with Crippen LogP contribution >= 0.6 is 0 Å². The van der Waals surface area contributed by atoms with Gasteiger partial charge in [-0.05, 0) is 57.7 Å². The van der Waals surface area contributed by atoms with Crippen LogP contribution in [0.1, 0.15) is 52.2 Å². The van der Waals surface area contributed by atoms with E-state index in [-0.39, 0.29) is 5.91 Å². The lowest BCUT2D eigenvalue weighted by molar-refractivity contribution is -0.124. The van der Waals surface area contributed by atoms with Gasteiger partial charge < -0.3 is 20.4 Å². The molecular formula is C27H35N3O3. The number of alkyl carbamates (subject to hydrolysis) is 1. The van der Waals surface area contributed by atoms with Crippen molar-refractivity contribution in [3.63, 3.8) is 0 Å². The summed E-state index contributed by atoms with van der Waals surface area (Å²) in [7, 11) is 0. The van der Waals surface area contributed by atoms with Gasteiger partial charge in [0.05, 0.1) is 0 Å². The molecule has 0 saturated carbocycles. The molecule has 3 rings (SSSR count). The molecule has 0 aliphatic heterocycles. The largest absolute Gasteiger partial charge is 0.444 e. The highest BCUT2D eigenvalue weighted by molar-refractivity contribution is 5.88. The van der Waals surface area contributed by atoms with Gasteiger partial charge >= 0.3 is 6.09 Å². The van der Waals surface area contributed by atoms with Gasteiger partial charge in [-0.2, -0.15) is 0 Å². The summed E-state index contributed by atoms with van der Waals surface area (Å²) < 4.78 is 5.56. The van der Waals surface area contributed by atoms with E-state index in [1.807, 2.05) is 95.4 Å². The van der Waals surface area contributed by atoms with E-state index in [4.69, 9.17) is 4.74 Å². The number of fused-ring (bicyclic) bond motifs is 1. The molecule has 3 N–H and O–H groups in total. The standard InChI is InChI=1S/C27H35N3O3/c1-6-27(4,5)33-25(32)29-23(16-20-18-28-22-15-11-10-14-21(20)22)24(31)30-26(2,3)17-19-12-8-7-9-13-19/h7-15,18,23,28H,6,16-17H2,1-5H3,(H,29,32)(H,30,31)/t23-/m1/s1. The molecule has 6 heteroatoms. The average Bonchev–Trinajstić information content (AvgIpc) is 3.16. The molecule has 0 aliphatic carbocycles. The Morgan fingerprint density at radius 2 is 1.67 bits per heavy atom. The zero-order valence-corrected chi connectivity index (χ0v) is 20.2. The van der Waals surface area contributed by atoms with Crippen LogP contribution in [-0.2, 0) is 22.4 Å². The highest BCUT2D eigenvalue weighted by Gasteiger charge is 2.30. The maximum atomic E-state index is 13.4. The lowest BCUT2D eigenvalue weighted by Gasteiger charge is -2.30. The van der Waals surface area contributed by atoms with Crippen molar-refractivity contribution >= 4 is 22.9 Å². The molecule has 0 unspecified atom stereocenters. The summed E-state index contributed by atoms with van der Waals surface area (Å²) in [5, 5.41) is 6.97. The van der Waals surface area contributed by atoms with E-state index in [1.165, 1.54) is 0 Å². The number of aromatic amines is 1. The Morgan fingerprint density at radius 1 is 1.00 bits per heavy atom. The topological polar surface area (TPSA) is 83.2 Å². The lowest BCUT2D eigenvalue weighted by Crippen LogP contribution is -2.55. The Labute approximate surface area is 196 Å². The molecule has 1 aromatic heterocycles. The fraction of sp³-hybridized carbons (Fsp3) is 0.407. The molecule has 33 heavy (non-hydrogen) atoms. The van der Waals surface area contributed by atoms with E-state index in [9.17, 15) is 9.59 Å². The minimum Gasteiger partial charge on any atom is -0.444 e. The molecule has 6 nitrogen and oxygen atoms in total. The van der Waals surface area contributed by atoms with Crippen LogP contribution in [0.15, 0.2) is 60.8 Å². The number of H-pyrrole nitrogens is 1. The highest BCUT2D eigenvalue weighted by atomic mass is 16.6. The zero-order valence-electron chi connectivity index (χ0n) is 20.2. The number of carbonyl (C=O) groups is 2. The van der Waals surface area contributed by atoms with Gasteiger partial charge in [0.2, 0.25) is 5.91 Å². The Morgan fingerprint density at radius 3 is 2.36 bits per heavy atom. The van der Waals surface area contributed by atoms with Gasteiger partial charge in [0.15, 0.2) is 0 Å². The average molecular weight is 450 g/mol. The first-order valence-electron chi connectivity index (χ1n) is 11.5. The predicted molar refractivity (Wildman–Crippen MR) is 132 cm³/mol. The number of para-hydroxylation sites is 1. The molecule has 0 radical (unpaired) electrons. The van der Waals surface area contributed by atoms with Crippen LogP contribution in [0.2, 0.25) is 0 Å². The molecule has 0 bridgehead atoms. The van der Waals surface area contributed by atoms with Crippen LogP contribution in [0.5, 0.6) is 0 Å². The summed E-state index contributed by atoms with van der Waals surface area (Å²) in [5.41, 5.74) is 1.98. The number of carbonyl (C=O) groups excluding carboxylic acids is 2. The summed E-state index contributed by atoms with van der Waals surface area (Å²) in [5.74, 6) is -0.243. The number of amides is 2. The number of rotatable bonds is 9. The second-order valence-electron chi connectivity index (χ2n) is 9.80. The Bertz CT molecular complexity index is 1090. The third-order valence-corrected chi connectivity index (χ3v) is 5.88. The van der Waals surface area contributed by atoms with E-state index >= 15 is 0 Å². The van der Waals surface area contributed by atoms with Crippen molar-refractivity contribution in [3.05, 3.63) is 71.9 Å². The first kappa shape index (κ1) is 24.4. The molecule has 1 heterocycles. The highest BCUT2D eigenvalue weighted by Crippen LogP contribution is 2.20. The van der Waals surface area contributed by atoms with Crippen LogP contribution in [0.25, 0.3) is 10.9 Å².